The standard InChI is InChI=1S/C21H28FN3OS.C6H8O7/c1-3-18(14-25-11-5-4-6-12-25)24-20(26)13-19-21(23-15(2)27-19)16-7-9-17(22)10-8-16;7-3(8)1-6(13,5(11)12)2-4(9)10/h7-10,18H,3-6,11-14H2,1-2H3,(H,24,26);13H,1-2H2,(H,7,8)(H,9,10)(H,11,12). The molecule has 220 valence electrons. The number of rotatable bonds is 12. The summed E-state index contributed by atoms with van der Waals surface area (Å²) in [6.07, 6.45) is 2.78. The van der Waals surface area contributed by atoms with Gasteiger partial charge in [0.05, 0.1) is 30.0 Å². The number of aryl methyl sites for hydroxylation is 1. The second-order valence-corrected chi connectivity index (χ2v) is 11.0. The van der Waals surface area contributed by atoms with Crippen molar-refractivity contribution in [3.63, 3.8) is 0 Å². The minimum atomic E-state index is -2.74. The summed E-state index contributed by atoms with van der Waals surface area (Å²) in [4.78, 5) is 51.1. The predicted octanol–water partition coefficient (Wildman–Crippen LogP) is 2.93. The zero-order valence-electron chi connectivity index (χ0n) is 22.6. The van der Waals surface area contributed by atoms with Gasteiger partial charge in [0.1, 0.15) is 5.82 Å². The first-order valence-electron chi connectivity index (χ1n) is 13.0. The summed E-state index contributed by atoms with van der Waals surface area (Å²) in [6.45, 7) is 7.25. The quantitative estimate of drug-likeness (QED) is 0.250. The summed E-state index contributed by atoms with van der Waals surface area (Å²) in [5.41, 5.74) is -1.10. The van der Waals surface area contributed by atoms with E-state index in [0.717, 1.165) is 47.2 Å². The maximum absolute atomic E-state index is 13.2. The topological polar surface area (TPSA) is 177 Å². The molecule has 0 bridgehead atoms. The van der Waals surface area contributed by atoms with Crippen LogP contribution < -0.4 is 5.32 Å². The Kier molecular flexibility index (Phi) is 12.6. The normalized spacial score (nSPS) is 14.5. The van der Waals surface area contributed by atoms with Crippen molar-refractivity contribution in [2.24, 2.45) is 0 Å². The number of aromatic nitrogens is 1. The number of nitrogens with zero attached hydrogens (tertiary/aromatic N) is 2. The van der Waals surface area contributed by atoms with Gasteiger partial charge < -0.3 is 30.6 Å². The van der Waals surface area contributed by atoms with E-state index in [4.69, 9.17) is 20.4 Å². The number of halogens is 1. The van der Waals surface area contributed by atoms with Gasteiger partial charge in [-0.25, -0.2) is 14.2 Å². The van der Waals surface area contributed by atoms with E-state index in [9.17, 15) is 23.6 Å². The van der Waals surface area contributed by atoms with Gasteiger partial charge in [0.2, 0.25) is 5.91 Å². The van der Waals surface area contributed by atoms with Crippen LogP contribution in [0.4, 0.5) is 4.39 Å². The minimum absolute atomic E-state index is 0.0332. The van der Waals surface area contributed by atoms with Gasteiger partial charge in [-0.15, -0.1) is 11.3 Å². The Hall–Kier alpha value is -3.42. The van der Waals surface area contributed by atoms with Gasteiger partial charge >= 0.3 is 17.9 Å². The molecule has 5 N–H and O–H groups in total. The van der Waals surface area contributed by atoms with Crippen LogP contribution in [0.2, 0.25) is 0 Å². The summed E-state index contributed by atoms with van der Waals surface area (Å²) >= 11 is 1.54. The fraction of sp³-hybridized carbons (Fsp3) is 0.519. The molecule has 0 spiro atoms. The number of piperidine rings is 1. The van der Waals surface area contributed by atoms with Crippen LogP contribution in [0.1, 0.15) is 55.3 Å². The first kappa shape index (κ1) is 32.8. The molecule has 1 aromatic carbocycles. The van der Waals surface area contributed by atoms with E-state index >= 15 is 0 Å². The smallest absolute Gasteiger partial charge is 0.336 e. The molecule has 1 aliphatic rings. The number of hydrogen-bond acceptors (Lipinski definition) is 8. The Morgan fingerprint density at radius 3 is 2.12 bits per heavy atom. The molecule has 1 atom stereocenters. The van der Waals surface area contributed by atoms with Crippen molar-refractivity contribution in [3.8, 4) is 11.3 Å². The average molecular weight is 582 g/mol. The summed E-state index contributed by atoms with van der Waals surface area (Å²) in [5.74, 6) is -5.26. The van der Waals surface area contributed by atoms with E-state index < -0.39 is 36.4 Å². The molecule has 1 amide bonds. The number of carbonyl (C=O) groups excluding carboxylic acids is 1. The maximum Gasteiger partial charge on any atom is 0.336 e. The molecular formula is C27H36FN3O8S. The summed E-state index contributed by atoms with van der Waals surface area (Å²) in [5, 5.41) is 37.9. The lowest BCUT2D eigenvalue weighted by atomic mass is 9.96. The third kappa shape index (κ3) is 10.6. The Labute approximate surface area is 235 Å². The first-order valence-corrected chi connectivity index (χ1v) is 13.8. The lowest BCUT2D eigenvalue weighted by Crippen LogP contribution is -2.45. The number of carboxylic acids is 3. The zero-order chi connectivity index (χ0) is 29.9. The van der Waals surface area contributed by atoms with Crippen molar-refractivity contribution in [3.05, 3.63) is 40.0 Å². The van der Waals surface area contributed by atoms with Crippen LogP contribution in [0.3, 0.4) is 0 Å². The number of likely N-dealkylation sites (tertiary alicyclic amines) is 1. The van der Waals surface area contributed by atoms with E-state index in [1.807, 2.05) is 6.92 Å². The van der Waals surface area contributed by atoms with Crippen molar-refractivity contribution < 1.29 is 44.0 Å². The molecule has 1 aliphatic heterocycles. The number of nitrogens with one attached hydrogen (secondary N) is 1. The van der Waals surface area contributed by atoms with Crippen LogP contribution in [0.15, 0.2) is 24.3 Å². The second kappa shape index (κ2) is 15.4. The average Bonchev–Trinajstić information content (AvgIpc) is 3.23. The summed E-state index contributed by atoms with van der Waals surface area (Å²) < 4.78 is 13.2. The molecule has 1 saturated heterocycles. The molecule has 2 aromatic rings. The highest BCUT2D eigenvalue weighted by Crippen LogP contribution is 2.28. The van der Waals surface area contributed by atoms with Crippen molar-refractivity contribution in [1.29, 1.82) is 0 Å². The SMILES string of the molecule is CCC(CN1CCCCC1)NC(=O)Cc1sc(C)nc1-c1ccc(F)cc1.O=C(O)CC(O)(CC(=O)O)C(=O)O. The van der Waals surface area contributed by atoms with E-state index in [2.05, 4.69) is 22.1 Å². The number of carbonyl (C=O) groups is 4. The minimum Gasteiger partial charge on any atom is -0.481 e. The monoisotopic (exact) mass is 581 g/mol. The number of aliphatic hydroxyl groups is 1. The summed E-state index contributed by atoms with van der Waals surface area (Å²) in [7, 11) is 0. The highest BCUT2D eigenvalue weighted by atomic mass is 32.1. The van der Waals surface area contributed by atoms with E-state index in [-0.39, 0.29) is 17.8 Å². The predicted molar refractivity (Wildman–Crippen MR) is 146 cm³/mol. The third-order valence-corrected chi connectivity index (χ3v) is 7.28. The largest absolute Gasteiger partial charge is 0.481 e. The highest BCUT2D eigenvalue weighted by molar-refractivity contribution is 7.12. The Balaban J connectivity index is 0.000000366. The molecule has 13 heteroatoms. The Bertz CT molecular complexity index is 1150. The molecule has 0 saturated carbocycles. The van der Waals surface area contributed by atoms with Crippen molar-refractivity contribution in [2.75, 3.05) is 19.6 Å². The van der Waals surface area contributed by atoms with E-state index in [1.165, 1.54) is 42.7 Å². The number of carboxylic acid groups (broad SMARTS) is 3. The van der Waals surface area contributed by atoms with Gasteiger partial charge in [-0.3, -0.25) is 14.4 Å². The number of hydrogen-bond donors (Lipinski definition) is 5. The van der Waals surface area contributed by atoms with Gasteiger partial charge in [-0.1, -0.05) is 13.3 Å². The van der Waals surface area contributed by atoms with Crippen molar-refractivity contribution >= 4 is 35.2 Å². The van der Waals surface area contributed by atoms with Crippen LogP contribution in [-0.4, -0.2) is 85.4 Å². The second-order valence-electron chi connectivity index (χ2n) is 9.70. The van der Waals surface area contributed by atoms with Crippen LogP contribution in [0, 0.1) is 12.7 Å². The Morgan fingerprint density at radius 2 is 1.62 bits per heavy atom. The molecule has 11 nitrogen and oxygen atoms in total. The molecule has 0 aliphatic carbocycles. The third-order valence-electron chi connectivity index (χ3n) is 6.31. The van der Waals surface area contributed by atoms with Crippen LogP contribution >= 0.6 is 11.3 Å². The van der Waals surface area contributed by atoms with Gasteiger partial charge in [0.25, 0.3) is 0 Å². The first-order chi connectivity index (χ1) is 18.8. The van der Waals surface area contributed by atoms with Crippen molar-refractivity contribution in [1.82, 2.24) is 15.2 Å². The van der Waals surface area contributed by atoms with E-state index in [0.29, 0.717) is 6.42 Å². The molecule has 1 fully saturated rings. The number of benzene rings is 1. The van der Waals surface area contributed by atoms with Crippen LogP contribution in [0.25, 0.3) is 11.3 Å². The lowest BCUT2D eigenvalue weighted by Gasteiger charge is -2.30. The van der Waals surface area contributed by atoms with Crippen LogP contribution in [-0.2, 0) is 25.6 Å². The van der Waals surface area contributed by atoms with Gasteiger partial charge in [-0.05, 0) is 63.5 Å². The van der Waals surface area contributed by atoms with E-state index in [1.54, 1.807) is 12.1 Å². The van der Waals surface area contributed by atoms with Crippen LogP contribution in [0.5, 0.6) is 0 Å². The zero-order valence-corrected chi connectivity index (χ0v) is 23.4. The number of aliphatic carboxylic acids is 3. The maximum atomic E-state index is 13.2. The lowest BCUT2D eigenvalue weighted by molar-refractivity contribution is -0.170. The van der Waals surface area contributed by atoms with Crippen molar-refractivity contribution in [2.45, 2.75) is 70.4 Å². The molecule has 3 rings (SSSR count). The fourth-order valence-corrected chi connectivity index (χ4v) is 5.25. The molecular weight excluding hydrogens is 545 g/mol. The van der Waals surface area contributed by atoms with Gasteiger partial charge in [0.15, 0.2) is 5.60 Å². The molecule has 1 aromatic heterocycles. The molecule has 0 radical (unpaired) electrons. The molecule has 2 heterocycles. The summed E-state index contributed by atoms with van der Waals surface area (Å²) in [6, 6.07) is 6.48. The molecule has 1 unspecified atom stereocenters. The van der Waals surface area contributed by atoms with Gasteiger partial charge in [-0.2, -0.15) is 0 Å². The van der Waals surface area contributed by atoms with Gasteiger partial charge in [0, 0.05) is 23.0 Å². The Morgan fingerprint density at radius 1 is 1.05 bits per heavy atom. The molecule has 40 heavy (non-hydrogen) atoms. The number of amides is 1. The number of thiazole rings is 1. The fourth-order valence-electron chi connectivity index (χ4n) is 4.29. The highest BCUT2D eigenvalue weighted by Gasteiger charge is 2.40.